The van der Waals surface area contributed by atoms with E-state index >= 15 is 0 Å². The highest BCUT2D eigenvalue weighted by atomic mass is 35.5. The van der Waals surface area contributed by atoms with Crippen molar-refractivity contribution in [1.82, 2.24) is 15.8 Å². The first kappa shape index (κ1) is 15.0. The van der Waals surface area contributed by atoms with Crippen molar-refractivity contribution in [1.29, 1.82) is 0 Å². The molecule has 110 valence electrons. The van der Waals surface area contributed by atoms with Crippen LogP contribution in [0.1, 0.15) is 26.7 Å². The van der Waals surface area contributed by atoms with Crippen molar-refractivity contribution in [2.75, 3.05) is 13.1 Å². The smallest absolute Gasteiger partial charge is 0.241 e. The van der Waals surface area contributed by atoms with Crippen molar-refractivity contribution < 1.29 is 13.9 Å². The second-order valence-corrected chi connectivity index (χ2v) is 5.88. The number of hydrogen-bond donors (Lipinski definition) is 2. The summed E-state index contributed by atoms with van der Waals surface area (Å²) in [4.78, 5) is 13.7. The number of nitrogens with one attached hydrogen (secondary N) is 2. The third kappa shape index (κ3) is 3.78. The van der Waals surface area contributed by atoms with Gasteiger partial charge in [-0.05, 0) is 20.3 Å². The number of hydrazine groups is 1. The van der Waals surface area contributed by atoms with E-state index in [1.165, 1.54) is 0 Å². The molecule has 2 N–H and O–H groups in total. The Hall–Kier alpha value is -0.430. The van der Waals surface area contributed by atoms with Gasteiger partial charge in [-0.1, -0.05) is 0 Å². The zero-order chi connectivity index (χ0) is 14.0. The number of piperidine rings is 1. The second kappa shape index (κ2) is 6.35. The predicted octanol–water partition coefficient (Wildman–Crippen LogP) is 0.782. The molecule has 0 aliphatic carbocycles. The molecule has 2 saturated heterocycles. The summed E-state index contributed by atoms with van der Waals surface area (Å²) in [7, 11) is 0. The van der Waals surface area contributed by atoms with E-state index in [-0.39, 0.29) is 30.1 Å². The van der Waals surface area contributed by atoms with E-state index in [1.54, 1.807) is 4.90 Å². The minimum Gasteiger partial charge on any atom is -0.372 e. The Morgan fingerprint density at radius 2 is 2.21 bits per heavy atom. The van der Waals surface area contributed by atoms with Crippen molar-refractivity contribution >= 4 is 17.5 Å². The number of nitrogens with zero attached hydrogens (tertiary/aromatic N) is 1. The first-order chi connectivity index (χ1) is 8.97. The Labute approximate surface area is 117 Å². The van der Waals surface area contributed by atoms with Gasteiger partial charge in [0.15, 0.2) is 0 Å². The molecule has 1 amide bonds. The summed E-state index contributed by atoms with van der Waals surface area (Å²) in [5, 5.41) is 0. The highest BCUT2D eigenvalue weighted by Crippen LogP contribution is 2.21. The lowest BCUT2D eigenvalue weighted by Crippen LogP contribution is -2.53. The Kier molecular flexibility index (Phi) is 5.00. The minimum absolute atomic E-state index is 0.00297. The molecule has 2 heterocycles. The van der Waals surface area contributed by atoms with E-state index < -0.39 is 12.3 Å². The van der Waals surface area contributed by atoms with Gasteiger partial charge in [-0.2, -0.15) is 0 Å². The summed E-state index contributed by atoms with van der Waals surface area (Å²) in [5.41, 5.74) is 5.37. The fraction of sp³-hybridized carbons (Fsp3) is 0.917. The first-order valence-electron chi connectivity index (χ1n) is 6.71. The standard InChI is InChI=1S/C12H21ClFN3O2/c1-7(2)19-10-3-4-17(6-8(10)14)12(18)9-5-11(13)16-15-9/h7-11,15-16H,3-6H2,1-2H3/t8-,9?,10+,11?/m1/s1. The minimum atomic E-state index is -1.12. The lowest BCUT2D eigenvalue weighted by atomic mass is 10.0. The summed E-state index contributed by atoms with van der Waals surface area (Å²) in [6.07, 6.45) is -0.473. The average molecular weight is 294 g/mol. The van der Waals surface area contributed by atoms with Crippen LogP contribution in [0.25, 0.3) is 0 Å². The van der Waals surface area contributed by atoms with E-state index in [4.69, 9.17) is 16.3 Å². The van der Waals surface area contributed by atoms with Crippen LogP contribution < -0.4 is 10.9 Å². The maximum Gasteiger partial charge on any atom is 0.241 e. The molecule has 0 saturated carbocycles. The van der Waals surface area contributed by atoms with Gasteiger partial charge in [0.25, 0.3) is 0 Å². The molecule has 2 fully saturated rings. The van der Waals surface area contributed by atoms with Gasteiger partial charge in [-0.3, -0.25) is 4.79 Å². The maximum absolute atomic E-state index is 14.0. The van der Waals surface area contributed by atoms with Crippen LogP contribution >= 0.6 is 11.6 Å². The maximum atomic E-state index is 14.0. The third-order valence-corrected chi connectivity index (χ3v) is 3.68. The predicted molar refractivity (Wildman–Crippen MR) is 70.4 cm³/mol. The average Bonchev–Trinajstić information content (AvgIpc) is 2.77. The van der Waals surface area contributed by atoms with E-state index in [0.717, 1.165) is 0 Å². The van der Waals surface area contributed by atoms with Crippen LogP contribution in [0.3, 0.4) is 0 Å². The zero-order valence-corrected chi connectivity index (χ0v) is 12.0. The number of alkyl halides is 2. The van der Waals surface area contributed by atoms with Gasteiger partial charge in [-0.15, -0.1) is 11.6 Å². The number of halogens is 2. The number of amides is 1. The molecular weight excluding hydrogens is 273 g/mol. The van der Waals surface area contributed by atoms with Gasteiger partial charge >= 0.3 is 0 Å². The number of ether oxygens (including phenoxy) is 1. The first-order valence-corrected chi connectivity index (χ1v) is 7.14. The van der Waals surface area contributed by atoms with Crippen molar-refractivity contribution in [3.8, 4) is 0 Å². The summed E-state index contributed by atoms with van der Waals surface area (Å²) in [6, 6.07) is -0.364. The van der Waals surface area contributed by atoms with Crippen molar-refractivity contribution in [2.24, 2.45) is 0 Å². The number of carbonyl (C=O) groups excluding carboxylic acids is 1. The molecule has 0 aromatic carbocycles. The van der Waals surface area contributed by atoms with Crippen molar-refractivity contribution in [3.63, 3.8) is 0 Å². The fourth-order valence-electron chi connectivity index (χ4n) is 2.49. The molecule has 0 radical (unpaired) electrons. The molecule has 0 aromatic heterocycles. The summed E-state index contributed by atoms with van der Waals surface area (Å²) in [6.45, 7) is 4.40. The molecule has 2 aliphatic rings. The van der Waals surface area contributed by atoms with Crippen LogP contribution in [0.2, 0.25) is 0 Å². The van der Waals surface area contributed by atoms with Crippen molar-refractivity contribution in [3.05, 3.63) is 0 Å². The van der Waals surface area contributed by atoms with Crippen LogP contribution in [-0.4, -0.2) is 53.8 Å². The Morgan fingerprint density at radius 1 is 1.47 bits per heavy atom. The Bertz CT molecular complexity index is 332. The van der Waals surface area contributed by atoms with Crippen molar-refractivity contribution in [2.45, 2.75) is 56.6 Å². The zero-order valence-electron chi connectivity index (χ0n) is 11.2. The lowest BCUT2D eigenvalue weighted by molar-refractivity contribution is -0.140. The molecule has 2 rings (SSSR count). The monoisotopic (exact) mass is 293 g/mol. The molecule has 2 aliphatic heterocycles. The number of likely N-dealkylation sites (tertiary alicyclic amines) is 1. The number of hydrogen-bond acceptors (Lipinski definition) is 4. The van der Waals surface area contributed by atoms with Crippen LogP contribution in [0, 0.1) is 0 Å². The molecule has 5 nitrogen and oxygen atoms in total. The van der Waals surface area contributed by atoms with Crippen LogP contribution in [0.15, 0.2) is 0 Å². The van der Waals surface area contributed by atoms with E-state index in [1.807, 2.05) is 13.8 Å². The number of carbonyl (C=O) groups is 1. The summed E-state index contributed by atoms with van der Waals surface area (Å²) >= 11 is 5.86. The molecule has 0 aromatic rings. The quantitative estimate of drug-likeness (QED) is 0.596. The van der Waals surface area contributed by atoms with Gasteiger partial charge in [0.2, 0.25) is 5.91 Å². The summed E-state index contributed by atoms with van der Waals surface area (Å²) in [5.74, 6) is -0.0960. The number of rotatable bonds is 3. The van der Waals surface area contributed by atoms with Crippen LogP contribution in [0.5, 0.6) is 0 Å². The van der Waals surface area contributed by atoms with E-state index in [2.05, 4.69) is 10.9 Å². The fourth-order valence-corrected chi connectivity index (χ4v) is 2.73. The van der Waals surface area contributed by atoms with Gasteiger partial charge in [0.1, 0.15) is 12.2 Å². The molecular formula is C12H21ClFN3O2. The van der Waals surface area contributed by atoms with Gasteiger partial charge in [0, 0.05) is 13.0 Å². The molecule has 2 unspecified atom stereocenters. The SMILES string of the molecule is CC(C)O[C@H]1CCN(C(=O)C2CC(Cl)NN2)C[C@H]1F. The lowest BCUT2D eigenvalue weighted by Gasteiger charge is -2.36. The van der Waals surface area contributed by atoms with Gasteiger partial charge in [0.05, 0.1) is 24.3 Å². The Balaban J connectivity index is 1.85. The molecule has 0 bridgehead atoms. The highest BCUT2D eigenvalue weighted by molar-refractivity contribution is 6.20. The molecule has 4 atom stereocenters. The second-order valence-electron chi connectivity index (χ2n) is 5.36. The van der Waals surface area contributed by atoms with E-state index in [0.29, 0.717) is 19.4 Å². The molecule has 19 heavy (non-hydrogen) atoms. The Morgan fingerprint density at radius 3 is 2.74 bits per heavy atom. The topological polar surface area (TPSA) is 53.6 Å². The third-order valence-electron chi connectivity index (χ3n) is 3.40. The van der Waals surface area contributed by atoms with Gasteiger partial charge < -0.3 is 9.64 Å². The highest BCUT2D eigenvalue weighted by Gasteiger charge is 2.37. The van der Waals surface area contributed by atoms with Crippen LogP contribution in [0.4, 0.5) is 4.39 Å². The normalized spacial score (nSPS) is 35.9. The van der Waals surface area contributed by atoms with Gasteiger partial charge in [-0.25, -0.2) is 15.2 Å². The van der Waals surface area contributed by atoms with Crippen LogP contribution in [-0.2, 0) is 9.53 Å². The summed E-state index contributed by atoms with van der Waals surface area (Å²) < 4.78 is 19.5. The van der Waals surface area contributed by atoms with E-state index in [9.17, 15) is 9.18 Å². The molecule has 0 spiro atoms. The molecule has 7 heteroatoms. The largest absolute Gasteiger partial charge is 0.372 e.